The lowest BCUT2D eigenvalue weighted by atomic mass is 9.81. The van der Waals surface area contributed by atoms with E-state index in [4.69, 9.17) is 0 Å². The van der Waals surface area contributed by atoms with Crippen LogP contribution in [0, 0.1) is 11.3 Å². The molecule has 1 N–H and O–H groups in total. The lowest BCUT2D eigenvalue weighted by molar-refractivity contribution is -0.131. The van der Waals surface area contributed by atoms with E-state index in [0.717, 1.165) is 48.5 Å². The third kappa shape index (κ3) is 3.88. The van der Waals surface area contributed by atoms with Crippen LogP contribution in [0.2, 0.25) is 0 Å². The Balaban J connectivity index is 1.61. The second kappa shape index (κ2) is 7.75. The number of carbonyl (C=O) groups excluding carboxylic acids is 1. The number of thioether (sulfide) groups is 1. The minimum Gasteiger partial charge on any atom is -0.333 e. The van der Waals surface area contributed by atoms with Crippen molar-refractivity contribution in [2.45, 2.75) is 42.8 Å². The van der Waals surface area contributed by atoms with E-state index in [2.05, 4.69) is 16.0 Å². The average molecular weight is 354 g/mol. The molecule has 0 aliphatic heterocycles. The number of hydrogen-bond acceptors (Lipinski definition) is 4. The predicted octanol–water partition coefficient (Wildman–Crippen LogP) is 3.85. The molecule has 5 nitrogen and oxygen atoms in total. The van der Waals surface area contributed by atoms with Gasteiger partial charge in [-0.15, -0.1) is 0 Å². The number of H-pyrrole nitrogens is 1. The largest absolute Gasteiger partial charge is 0.333 e. The highest BCUT2D eigenvalue weighted by Crippen LogP contribution is 2.33. The van der Waals surface area contributed by atoms with Crippen LogP contribution in [0.25, 0.3) is 11.3 Å². The average Bonchev–Trinajstić information content (AvgIpc) is 3.16. The van der Waals surface area contributed by atoms with Crippen LogP contribution in [0.15, 0.2) is 41.7 Å². The molecule has 0 bridgehead atoms. The zero-order valence-electron chi connectivity index (χ0n) is 14.4. The first-order chi connectivity index (χ1) is 12.1. The number of nitrogens with one attached hydrogen (secondary N) is 1. The summed E-state index contributed by atoms with van der Waals surface area (Å²) < 4.78 is 0. The second-order valence-corrected chi connectivity index (χ2v) is 7.38. The molecule has 0 radical (unpaired) electrons. The fraction of sp³-hybridized carbons (Fsp3) is 0.421. The van der Waals surface area contributed by atoms with E-state index in [1.807, 2.05) is 30.3 Å². The van der Waals surface area contributed by atoms with Crippen molar-refractivity contribution in [2.24, 2.45) is 0 Å². The fourth-order valence-electron chi connectivity index (χ4n) is 3.27. The highest BCUT2D eigenvalue weighted by molar-refractivity contribution is 7.99. The first kappa shape index (κ1) is 17.6. The van der Waals surface area contributed by atoms with E-state index >= 15 is 0 Å². The molecule has 0 atom stereocenters. The SMILES string of the molecule is CN(C(=O)CSc1ncc(-c2ccccc2)[nH]1)C1(C#N)CCCCC1. The number of hydrogen-bond donors (Lipinski definition) is 1. The molecule has 1 amide bonds. The maximum atomic E-state index is 12.6. The number of imidazole rings is 1. The summed E-state index contributed by atoms with van der Waals surface area (Å²) in [5.74, 6) is 0.257. The van der Waals surface area contributed by atoms with Gasteiger partial charge < -0.3 is 9.88 Å². The highest BCUT2D eigenvalue weighted by atomic mass is 32.2. The summed E-state index contributed by atoms with van der Waals surface area (Å²) in [6, 6.07) is 12.4. The maximum Gasteiger partial charge on any atom is 0.234 e. The molecule has 130 valence electrons. The van der Waals surface area contributed by atoms with Crippen molar-refractivity contribution in [1.29, 1.82) is 5.26 Å². The van der Waals surface area contributed by atoms with Crippen molar-refractivity contribution < 1.29 is 4.79 Å². The highest BCUT2D eigenvalue weighted by Gasteiger charge is 2.38. The molecule has 1 aromatic carbocycles. The van der Waals surface area contributed by atoms with Crippen molar-refractivity contribution in [1.82, 2.24) is 14.9 Å². The van der Waals surface area contributed by atoms with Gasteiger partial charge in [0, 0.05) is 7.05 Å². The van der Waals surface area contributed by atoms with Crippen LogP contribution < -0.4 is 0 Å². The van der Waals surface area contributed by atoms with Gasteiger partial charge in [-0.1, -0.05) is 61.4 Å². The Morgan fingerprint density at radius 1 is 1.32 bits per heavy atom. The van der Waals surface area contributed by atoms with Crippen LogP contribution >= 0.6 is 11.8 Å². The Morgan fingerprint density at radius 3 is 2.72 bits per heavy atom. The molecular formula is C19H22N4OS. The van der Waals surface area contributed by atoms with Gasteiger partial charge in [-0.3, -0.25) is 4.79 Å². The lowest BCUT2D eigenvalue weighted by Gasteiger charge is -2.39. The summed E-state index contributed by atoms with van der Waals surface area (Å²) in [5.41, 5.74) is 1.37. The number of aromatic nitrogens is 2. The quantitative estimate of drug-likeness (QED) is 0.828. The number of nitriles is 1. The molecule has 1 aromatic heterocycles. The summed E-state index contributed by atoms with van der Waals surface area (Å²) in [7, 11) is 1.76. The second-order valence-electron chi connectivity index (χ2n) is 6.41. The summed E-state index contributed by atoms with van der Waals surface area (Å²) in [4.78, 5) is 21.8. The molecule has 2 aromatic rings. The van der Waals surface area contributed by atoms with Crippen LogP contribution in [-0.2, 0) is 4.79 Å². The molecule has 1 fully saturated rings. The summed E-state index contributed by atoms with van der Waals surface area (Å²) >= 11 is 1.38. The normalized spacial score (nSPS) is 16.2. The Kier molecular flexibility index (Phi) is 5.44. The van der Waals surface area contributed by atoms with Gasteiger partial charge in [-0.2, -0.15) is 5.26 Å². The smallest absolute Gasteiger partial charge is 0.234 e. The number of aromatic amines is 1. The molecule has 0 saturated heterocycles. The summed E-state index contributed by atoms with van der Waals surface area (Å²) in [6.45, 7) is 0. The molecular weight excluding hydrogens is 332 g/mol. The topological polar surface area (TPSA) is 72.8 Å². The number of benzene rings is 1. The van der Waals surface area contributed by atoms with Crippen molar-refractivity contribution in [3.63, 3.8) is 0 Å². The summed E-state index contributed by atoms with van der Waals surface area (Å²) in [5, 5.41) is 10.3. The molecule has 1 heterocycles. The maximum absolute atomic E-state index is 12.6. The zero-order chi connectivity index (χ0) is 17.7. The molecule has 6 heteroatoms. The predicted molar refractivity (Wildman–Crippen MR) is 98.9 cm³/mol. The van der Waals surface area contributed by atoms with E-state index < -0.39 is 5.54 Å². The van der Waals surface area contributed by atoms with Crippen LogP contribution in [0.3, 0.4) is 0 Å². The van der Waals surface area contributed by atoms with E-state index in [9.17, 15) is 10.1 Å². The Morgan fingerprint density at radius 2 is 2.04 bits per heavy atom. The Hall–Kier alpha value is -2.26. The van der Waals surface area contributed by atoms with Crippen LogP contribution in [0.4, 0.5) is 0 Å². The third-order valence-electron chi connectivity index (χ3n) is 4.87. The number of rotatable bonds is 5. The van der Waals surface area contributed by atoms with Gasteiger partial charge in [-0.25, -0.2) is 4.98 Å². The van der Waals surface area contributed by atoms with Gasteiger partial charge in [0.15, 0.2) is 5.16 Å². The minimum absolute atomic E-state index is 0.0221. The first-order valence-electron chi connectivity index (χ1n) is 8.56. The van der Waals surface area contributed by atoms with Crippen LogP contribution in [0.5, 0.6) is 0 Å². The lowest BCUT2D eigenvalue weighted by Crippen LogP contribution is -2.50. The standard InChI is InChI=1S/C19H22N4OS/c1-23(19(14-20)10-6-3-7-11-19)17(24)13-25-18-21-12-16(22-18)15-8-4-2-5-9-15/h2,4-5,8-9,12H,3,6-7,10-11,13H2,1H3,(H,21,22). The van der Waals surface area contributed by atoms with E-state index in [-0.39, 0.29) is 11.7 Å². The van der Waals surface area contributed by atoms with E-state index in [1.165, 1.54) is 11.8 Å². The van der Waals surface area contributed by atoms with Gasteiger partial charge in [0.05, 0.1) is 23.7 Å². The molecule has 1 aliphatic rings. The number of carbonyl (C=O) groups is 1. The van der Waals surface area contributed by atoms with Gasteiger partial charge in [0.2, 0.25) is 5.91 Å². The van der Waals surface area contributed by atoms with Crippen molar-refractivity contribution in [3.05, 3.63) is 36.5 Å². The molecule has 25 heavy (non-hydrogen) atoms. The van der Waals surface area contributed by atoms with E-state index in [0.29, 0.717) is 0 Å². The van der Waals surface area contributed by atoms with Gasteiger partial charge in [0.25, 0.3) is 0 Å². The van der Waals surface area contributed by atoms with E-state index in [1.54, 1.807) is 18.1 Å². The summed E-state index contributed by atoms with van der Waals surface area (Å²) in [6.07, 6.45) is 6.50. The van der Waals surface area contributed by atoms with Crippen molar-refractivity contribution in [3.8, 4) is 17.3 Å². The third-order valence-corrected chi connectivity index (χ3v) is 5.75. The molecule has 0 unspecified atom stereocenters. The molecule has 0 spiro atoms. The van der Waals surface area contributed by atoms with Crippen LogP contribution in [0.1, 0.15) is 32.1 Å². The van der Waals surface area contributed by atoms with Crippen LogP contribution in [-0.4, -0.2) is 39.1 Å². The molecule has 1 saturated carbocycles. The monoisotopic (exact) mass is 354 g/mol. The number of amides is 1. The van der Waals surface area contributed by atoms with Gasteiger partial charge in [0.1, 0.15) is 5.54 Å². The Labute approximate surface area is 152 Å². The Bertz CT molecular complexity index is 759. The number of nitrogens with zero attached hydrogens (tertiary/aromatic N) is 3. The fourth-order valence-corrected chi connectivity index (χ4v) is 4.03. The zero-order valence-corrected chi connectivity index (χ0v) is 15.2. The molecule has 3 rings (SSSR count). The van der Waals surface area contributed by atoms with Crippen molar-refractivity contribution in [2.75, 3.05) is 12.8 Å². The first-order valence-corrected chi connectivity index (χ1v) is 9.54. The molecule has 1 aliphatic carbocycles. The van der Waals surface area contributed by atoms with Crippen molar-refractivity contribution >= 4 is 17.7 Å². The van der Waals surface area contributed by atoms with Gasteiger partial charge >= 0.3 is 0 Å². The minimum atomic E-state index is -0.631. The van der Waals surface area contributed by atoms with Gasteiger partial charge in [-0.05, 0) is 18.4 Å².